The van der Waals surface area contributed by atoms with Gasteiger partial charge in [-0.2, -0.15) is 0 Å². The number of hydrazine groups is 1. The van der Waals surface area contributed by atoms with E-state index in [0.717, 1.165) is 11.1 Å². The second kappa shape index (κ2) is 14.2. The molecule has 240 valence electrons. The van der Waals surface area contributed by atoms with Gasteiger partial charge in [-0.3, -0.25) is 9.59 Å². The SMILES string of the molecule is C=CCOC(=O)NCCC[C@H]1C(=O)N(Cc2ccc3c(c2)OCO3)C[C@H]2N1C(=O)CN(C)N2C(=O)NCc1ccc(OC)cc1. The molecule has 2 N–H and O–H groups in total. The number of nitrogens with one attached hydrogen (secondary N) is 2. The highest BCUT2D eigenvalue weighted by Crippen LogP contribution is 2.34. The van der Waals surface area contributed by atoms with Crippen molar-refractivity contribution in [1.82, 2.24) is 30.5 Å². The lowest BCUT2D eigenvalue weighted by atomic mass is 10.0. The molecule has 14 heteroatoms. The second-order valence-electron chi connectivity index (χ2n) is 10.8. The van der Waals surface area contributed by atoms with Gasteiger partial charge in [-0.1, -0.05) is 30.9 Å². The lowest BCUT2D eigenvalue weighted by Crippen LogP contribution is -2.75. The summed E-state index contributed by atoms with van der Waals surface area (Å²) in [6.45, 7) is 4.48. The van der Waals surface area contributed by atoms with Gasteiger partial charge in [-0.05, 0) is 48.2 Å². The molecule has 14 nitrogen and oxygen atoms in total. The number of benzene rings is 2. The maximum Gasteiger partial charge on any atom is 0.407 e. The maximum absolute atomic E-state index is 14.0. The van der Waals surface area contributed by atoms with E-state index in [0.29, 0.717) is 23.7 Å². The summed E-state index contributed by atoms with van der Waals surface area (Å²) in [6, 6.07) is 11.6. The van der Waals surface area contributed by atoms with Gasteiger partial charge in [-0.15, -0.1) is 0 Å². The van der Waals surface area contributed by atoms with Crippen molar-refractivity contribution in [2.45, 2.75) is 38.1 Å². The molecule has 3 aliphatic rings. The number of urea groups is 1. The fourth-order valence-electron chi connectivity index (χ4n) is 5.66. The smallest absolute Gasteiger partial charge is 0.407 e. The minimum atomic E-state index is -0.846. The van der Waals surface area contributed by atoms with E-state index >= 15 is 0 Å². The summed E-state index contributed by atoms with van der Waals surface area (Å²) in [5.41, 5.74) is 1.69. The molecular formula is C31H38N6O8. The van der Waals surface area contributed by atoms with Crippen molar-refractivity contribution in [3.8, 4) is 17.2 Å². The normalized spacial score (nSPS) is 19.2. The Kier molecular flexibility index (Phi) is 9.92. The van der Waals surface area contributed by atoms with E-state index in [1.165, 1.54) is 16.0 Å². The van der Waals surface area contributed by atoms with E-state index in [2.05, 4.69) is 17.2 Å². The topological polar surface area (TPSA) is 142 Å². The summed E-state index contributed by atoms with van der Waals surface area (Å²) in [5.74, 6) is 1.43. The van der Waals surface area contributed by atoms with E-state index in [9.17, 15) is 19.2 Å². The Balaban J connectivity index is 1.35. The molecule has 0 aliphatic carbocycles. The lowest BCUT2D eigenvalue weighted by Gasteiger charge is -2.54. The second-order valence-corrected chi connectivity index (χ2v) is 10.8. The first-order valence-corrected chi connectivity index (χ1v) is 14.7. The number of piperazine rings is 1. The molecule has 45 heavy (non-hydrogen) atoms. The number of hydrogen-bond donors (Lipinski definition) is 2. The molecular weight excluding hydrogens is 584 g/mol. The molecule has 0 spiro atoms. The Morgan fingerprint density at radius 2 is 1.82 bits per heavy atom. The molecule has 0 radical (unpaired) electrons. The van der Waals surface area contributed by atoms with Crippen molar-refractivity contribution in [3.63, 3.8) is 0 Å². The predicted octanol–water partition coefficient (Wildman–Crippen LogP) is 2.05. The van der Waals surface area contributed by atoms with Crippen LogP contribution in [0.2, 0.25) is 0 Å². The van der Waals surface area contributed by atoms with Gasteiger partial charge in [0.25, 0.3) is 0 Å². The number of hydrogen-bond acceptors (Lipinski definition) is 9. The number of rotatable bonds is 11. The summed E-state index contributed by atoms with van der Waals surface area (Å²) in [5, 5.41) is 8.68. The quantitative estimate of drug-likeness (QED) is 0.285. The van der Waals surface area contributed by atoms with Crippen LogP contribution < -0.4 is 24.8 Å². The third kappa shape index (κ3) is 7.23. The van der Waals surface area contributed by atoms with Crippen LogP contribution in [0.3, 0.4) is 0 Å². The molecule has 5 amide bonds. The Hall–Kier alpha value is -4.98. The van der Waals surface area contributed by atoms with Crippen molar-refractivity contribution >= 4 is 23.9 Å². The first-order valence-electron chi connectivity index (χ1n) is 14.7. The van der Waals surface area contributed by atoms with Gasteiger partial charge >= 0.3 is 12.1 Å². The van der Waals surface area contributed by atoms with E-state index in [-0.39, 0.29) is 64.4 Å². The number of fused-ring (bicyclic) bond motifs is 2. The van der Waals surface area contributed by atoms with E-state index in [1.54, 1.807) is 30.1 Å². The van der Waals surface area contributed by atoms with Crippen LogP contribution in [-0.2, 0) is 27.4 Å². The molecule has 2 fully saturated rings. The number of ether oxygens (including phenoxy) is 4. The molecule has 0 unspecified atom stereocenters. The Morgan fingerprint density at radius 3 is 2.58 bits per heavy atom. The number of carbonyl (C=O) groups excluding carboxylic acids is 4. The first kappa shape index (κ1) is 31.4. The summed E-state index contributed by atoms with van der Waals surface area (Å²) in [4.78, 5) is 56.2. The molecule has 2 saturated heterocycles. The highest BCUT2D eigenvalue weighted by atomic mass is 16.7. The van der Waals surface area contributed by atoms with Gasteiger partial charge in [0.15, 0.2) is 11.5 Å². The van der Waals surface area contributed by atoms with E-state index in [4.69, 9.17) is 18.9 Å². The van der Waals surface area contributed by atoms with Gasteiger partial charge in [-0.25, -0.2) is 19.6 Å². The number of methoxy groups -OCH3 is 1. The molecule has 5 rings (SSSR count). The van der Waals surface area contributed by atoms with Crippen LogP contribution in [0.1, 0.15) is 24.0 Å². The van der Waals surface area contributed by atoms with Gasteiger partial charge < -0.3 is 39.4 Å². The molecule has 0 saturated carbocycles. The number of nitrogens with zero attached hydrogens (tertiary/aromatic N) is 4. The molecule has 2 aromatic rings. The van der Waals surface area contributed by atoms with Crippen molar-refractivity contribution in [2.75, 3.05) is 47.2 Å². The van der Waals surface area contributed by atoms with Gasteiger partial charge in [0.05, 0.1) is 20.2 Å². The molecule has 3 heterocycles. The maximum atomic E-state index is 14.0. The Bertz CT molecular complexity index is 1420. The van der Waals surface area contributed by atoms with E-state index in [1.807, 2.05) is 36.4 Å². The van der Waals surface area contributed by atoms with Crippen molar-refractivity contribution in [2.24, 2.45) is 0 Å². The summed E-state index contributed by atoms with van der Waals surface area (Å²) < 4.78 is 21.1. The van der Waals surface area contributed by atoms with Crippen LogP contribution in [0, 0.1) is 0 Å². The Morgan fingerprint density at radius 1 is 1.07 bits per heavy atom. The zero-order valence-electron chi connectivity index (χ0n) is 25.4. The Labute approximate surface area is 261 Å². The summed E-state index contributed by atoms with van der Waals surface area (Å²) >= 11 is 0. The fourth-order valence-corrected chi connectivity index (χ4v) is 5.66. The van der Waals surface area contributed by atoms with Crippen LogP contribution in [0.5, 0.6) is 17.2 Å². The standard InChI is InChI=1S/C31H38N6O8/c1-4-14-43-31(41)32-13-5-6-24-29(39)35(17-22-9-12-25-26(15-22)45-20-44-25)18-27-36(24)28(38)19-34(2)37(27)30(40)33-16-21-7-10-23(42-3)11-8-21/h4,7-12,15,24,27H,1,5-6,13-14,16-20H2,2-3H3,(H,32,41)(H,33,40)/t24-,27-/m0/s1. The van der Waals surface area contributed by atoms with Crippen LogP contribution in [0.25, 0.3) is 0 Å². The molecule has 3 aliphatic heterocycles. The molecule has 2 atom stereocenters. The van der Waals surface area contributed by atoms with Gasteiger partial charge in [0.2, 0.25) is 18.6 Å². The number of alkyl carbamates (subject to hydrolysis) is 1. The van der Waals surface area contributed by atoms with Crippen molar-refractivity contribution < 1.29 is 38.1 Å². The zero-order chi connectivity index (χ0) is 31.9. The number of amides is 5. The highest BCUT2D eigenvalue weighted by molar-refractivity contribution is 5.91. The molecule has 0 bridgehead atoms. The first-order chi connectivity index (χ1) is 21.8. The summed E-state index contributed by atoms with van der Waals surface area (Å²) in [6.07, 6.45) is 0.781. The highest BCUT2D eigenvalue weighted by Gasteiger charge is 2.50. The van der Waals surface area contributed by atoms with Crippen LogP contribution in [0.4, 0.5) is 9.59 Å². The van der Waals surface area contributed by atoms with Crippen LogP contribution in [-0.4, -0.2) is 103 Å². The zero-order valence-corrected chi connectivity index (χ0v) is 25.4. The number of likely N-dealkylation sites (N-methyl/N-ethyl adjacent to an activating group) is 1. The van der Waals surface area contributed by atoms with Crippen LogP contribution in [0.15, 0.2) is 55.1 Å². The van der Waals surface area contributed by atoms with Crippen LogP contribution >= 0.6 is 0 Å². The largest absolute Gasteiger partial charge is 0.497 e. The minimum Gasteiger partial charge on any atom is -0.497 e. The third-order valence-corrected chi connectivity index (χ3v) is 7.82. The summed E-state index contributed by atoms with van der Waals surface area (Å²) in [7, 11) is 3.26. The number of carbonyl (C=O) groups is 4. The van der Waals surface area contributed by atoms with E-state index < -0.39 is 24.3 Å². The lowest BCUT2D eigenvalue weighted by molar-refractivity contribution is -0.188. The average Bonchev–Trinajstić information content (AvgIpc) is 3.50. The van der Waals surface area contributed by atoms with Gasteiger partial charge in [0.1, 0.15) is 24.6 Å². The van der Waals surface area contributed by atoms with Gasteiger partial charge in [0, 0.05) is 26.7 Å². The minimum absolute atomic E-state index is 0.0788. The average molecular weight is 623 g/mol. The predicted molar refractivity (Wildman–Crippen MR) is 161 cm³/mol. The molecule has 0 aromatic heterocycles. The van der Waals surface area contributed by atoms with Crippen molar-refractivity contribution in [3.05, 3.63) is 66.2 Å². The monoisotopic (exact) mass is 622 g/mol. The third-order valence-electron chi connectivity index (χ3n) is 7.82. The molecule has 2 aromatic carbocycles. The fraction of sp³-hybridized carbons (Fsp3) is 0.419. The van der Waals surface area contributed by atoms with Crippen molar-refractivity contribution in [1.29, 1.82) is 0 Å².